The maximum atomic E-state index is 5.62. The molecule has 2 aliphatic heterocycles. The van der Waals surface area contributed by atoms with Gasteiger partial charge in [0.2, 0.25) is 0 Å². The molecule has 2 aliphatic rings. The standard InChI is InChI=1S/C17H34N2O/c1-4-16-6-5-9-19(16)14-17(7-10-20-11-8-17)13-18-12-15(2)3/h15-16,18H,4-14H2,1-3H3. The smallest absolute Gasteiger partial charge is 0.0472 e. The lowest BCUT2D eigenvalue weighted by atomic mass is 9.79. The molecule has 2 heterocycles. The first kappa shape index (κ1) is 16.3. The van der Waals surface area contributed by atoms with Crippen molar-refractivity contribution in [3.63, 3.8) is 0 Å². The highest BCUT2D eigenvalue weighted by Crippen LogP contribution is 2.34. The minimum Gasteiger partial charge on any atom is -0.381 e. The minimum atomic E-state index is 0.449. The second-order valence-corrected chi connectivity index (χ2v) is 7.31. The zero-order chi connectivity index (χ0) is 14.4. The molecule has 2 rings (SSSR count). The fraction of sp³-hybridized carbons (Fsp3) is 1.00. The molecule has 1 N–H and O–H groups in total. The third-order valence-corrected chi connectivity index (χ3v) is 5.11. The third kappa shape index (κ3) is 4.44. The van der Waals surface area contributed by atoms with Crippen LogP contribution in [0.2, 0.25) is 0 Å². The van der Waals surface area contributed by atoms with Gasteiger partial charge >= 0.3 is 0 Å². The summed E-state index contributed by atoms with van der Waals surface area (Å²) in [5.41, 5.74) is 0.449. The summed E-state index contributed by atoms with van der Waals surface area (Å²) < 4.78 is 5.62. The van der Waals surface area contributed by atoms with Crippen molar-refractivity contribution >= 4 is 0 Å². The van der Waals surface area contributed by atoms with Crippen LogP contribution in [-0.4, -0.2) is 50.3 Å². The molecule has 3 heteroatoms. The van der Waals surface area contributed by atoms with Crippen molar-refractivity contribution in [2.24, 2.45) is 11.3 Å². The van der Waals surface area contributed by atoms with Crippen LogP contribution in [0.4, 0.5) is 0 Å². The van der Waals surface area contributed by atoms with Gasteiger partial charge in [0, 0.05) is 32.3 Å². The van der Waals surface area contributed by atoms with E-state index in [9.17, 15) is 0 Å². The highest BCUT2D eigenvalue weighted by atomic mass is 16.5. The maximum absolute atomic E-state index is 5.62. The minimum absolute atomic E-state index is 0.449. The average molecular weight is 282 g/mol. The van der Waals surface area contributed by atoms with Crippen LogP contribution in [0.25, 0.3) is 0 Å². The van der Waals surface area contributed by atoms with E-state index in [4.69, 9.17) is 4.74 Å². The van der Waals surface area contributed by atoms with Gasteiger partial charge in [-0.05, 0) is 56.5 Å². The van der Waals surface area contributed by atoms with Gasteiger partial charge in [-0.25, -0.2) is 0 Å². The molecule has 0 radical (unpaired) electrons. The summed E-state index contributed by atoms with van der Waals surface area (Å²) in [7, 11) is 0. The van der Waals surface area contributed by atoms with Crippen molar-refractivity contribution in [1.29, 1.82) is 0 Å². The first-order chi connectivity index (χ1) is 9.65. The van der Waals surface area contributed by atoms with Crippen LogP contribution in [0.1, 0.15) is 52.9 Å². The Morgan fingerprint density at radius 1 is 1.30 bits per heavy atom. The van der Waals surface area contributed by atoms with E-state index >= 15 is 0 Å². The highest BCUT2D eigenvalue weighted by molar-refractivity contribution is 4.90. The normalized spacial score (nSPS) is 27.3. The zero-order valence-electron chi connectivity index (χ0n) is 13.8. The third-order valence-electron chi connectivity index (χ3n) is 5.11. The van der Waals surface area contributed by atoms with Crippen molar-refractivity contribution < 1.29 is 4.74 Å². The summed E-state index contributed by atoms with van der Waals surface area (Å²) in [5.74, 6) is 0.738. The van der Waals surface area contributed by atoms with Crippen molar-refractivity contribution in [2.75, 3.05) is 39.4 Å². The quantitative estimate of drug-likeness (QED) is 0.777. The number of nitrogens with zero attached hydrogens (tertiary/aromatic N) is 1. The zero-order valence-corrected chi connectivity index (χ0v) is 13.8. The molecule has 0 aromatic carbocycles. The first-order valence-electron chi connectivity index (χ1n) is 8.68. The number of likely N-dealkylation sites (tertiary alicyclic amines) is 1. The van der Waals surface area contributed by atoms with Crippen LogP contribution in [0.3, 0.4) is 0 Å². The largest absolute Gasteiger partial charge is 0.381 e. The van der Waals surface area contributed by atoms with Crippen molar-refractivity contribution in [1.82, 2.24) is 10.2 Å². The predicted octanol–water partition coefficient (Wildman–Crippen LogP) is 2.90. The van der Waals surface area contributed by atoms with Crippen LogP contribution in [-0.2, 0) is 4.74 Å². The van der Waals surface area contributed by atoms with Crippen molar-refractivity contribution in [3.05, 3.63) is 0 Å². The molecular formula is C17H34N2O. The van der Waals surface area contributed by atoms with Gasteiger partial charge < -0.3 is 10.1 Å². The van der Waals surface area contributed by atoms with E-state index < -0.39 is 0 Å². The molecule has 0 aromatic rings. The topological polar surface area (TPSA) is 24.5 Å². The molecule has 2 saturated heterocycles. The van der Waals surface area contributed by atoms with Gasteiger partial charge in [-0.15, -0.1) is 0 Å². The summed E-state index contributed by atoms with van der Waals surface area (Å²) in [6, 6.07) is 0.833. The van der Waals surface area contributed by atoms with Gasteiger partial charge in [-0.3, -0.25) is 4.90 Å². The van der Waals surface area contributed by atoms with E-state index in [0.29, 0.717) is 5.41 Å². The van der Waals surface area contributed by atoms with Gasteiger partial charge in [0.05, 0.1) is 0 Å². The van der Waals surface area contributed by atoms with Crippen LogP contribution >= 0.6 is 0 Å². The number of hydrogen-bond donors (Lipinski definition) is 1. The number of hydrogen-bond acceptors (Lipinski definition) is 3. The van der Waals surface area contributed by atoms with Gasteiger partial charge in [0.15, 0.2) is 0 Å². The van der Waals surface area contributed by atoms with E-state index in [0.717, 1.165) is 31.7 Å². The molecule has 3 nitrogen and oxygen atoms in total. The van der Waals surface area contributed by atoms with Crippen LogP contribution in [0.5, 0.6) is 0 Å². The molecule has 0 amide bonds. The van der Waals surface area contributed by atoms with E-state index in [1.807, 2.05) is 0 Å². The predicted molar refractivity (Wildman–Crippen MR) is 85.1 cm³/mol. The second kappa shape index (κ2) is 7.77. The molecule has 0 aromatic heterocycles. The second-order valence-electron chi connectivity index (χ2n) is 7.31. The Bertz CT molecular complexity index is 274. The molecule has 0 aliphatic carbocycles. The van der Waals surface area contributed by atoms with Gasteiger partial charge in [-0.1, -0.05) is 20.8 Å². The summed E-state index contributed by atoms with van der Waals surface area (Å²) in [5, 5.41) is 3.72. The highest BCUT2D eigenvalue weighted by Gasteiger charge is 2.36. The van der Waals surface area contributed by atoms with Crippen molar-refractivity contribution in [3.8, 4) is 0 Å². The van der Waals surface area contributed by atoms with Crippen LogP contribution in [0, 0.1) is 11.3 Å². The van der Waals surface area contributed by atoms with Crippen molar-refractivity contribution in [2.45, 2.75) is 58.9 Å². The molecule has 0 saturated carbocycles. The van der Waals surface area contributed by atoms with Gasteiger partial charge in [0.1, 0.15) is 0 Å². The van der Waals surface area contributed by atoms with E-state index in [-0.39, 0.29) is 0 Å². The molecular weight excluding hydrogens is 248 g/mol. The molecule has 1 atom stereocenters. The van der Waals surface area contributed by atoms with E-state index in [2.05, 4.69) is 31.0 Å². The molecule has 118 valence electrons. The summed E-state index contributed by atoms with van der Waals surface area (Å²) in [4.78, 5) is 2.77. The SMILES string of the molecule is CCC1CCCN1CC1(CNCC(C)C)CCOCC1. The first-order valence-corrected chi connectivity index (χ1v) is 8.68. The summed E-state index contributed by atoms with van der Waals surface area (Å²) >= 11 is 0. The lowest BCUT2D eigenvalue weighted by molar-refractivity contribution is -0.00687. The Morgan fingerprint density at radius 3 is 2.70 bits per heavy atom. The Labute approximate surface area is 125 Å². The molecule has 2 fully saturated rings. The summed E-state index contributed by atoms with van der Waals surface area (Å²) in [6.07, 6.45) is 6.56. The fourth-order valence-corrected chi connectivity index (χ4v) is 3.82. The Morgan fingerprint density at radius 2 is 2.05 bits per heavy atom. The maximum Gasteiger partial charge on any atom is 0.0472 e. The number of rotatable bonds is 7. The molecule has 20 heavy (non-hydrogen) atoms. The fourth-order valence-electron chi connectivity index (χ4n) is 3.82. The Kier molecular flexibility index (Phi) is 6.31. The van der Waals surface area contributed by atoms with Gasteiger partial charge in [0.25, 0.3) is 0 Å². The number of ether oxygens (including phenoxy) is 1. The molecule has 1 unspecified atom stereocenters. The number of nitrogens with one attached hydrogen (secondary N) is 1. The van der Waals surface area contributed by atoms with E-state index in [1.54, 1.807) is 0 Å². The Balaban J connectivity index is 1.91. The lowest BCUT2D eigenvalue weighted by Gasteiger charge is -2.42. The average Bonchev–Trinajstić information content (AvgIpc) is 2.86. The van der Waals surface area contributed by atoms with Gasteiger partial charge in [-0.2, -0.15) is 0 Å². The van der Waals surface area contributed by atoms with E-state index in [1.165, 1.54) is 51.7 Å². The Hall–Kier alpha value is -0.120. The monoisotopic (exact) mass is 282 g/mol. The molecule has 0 spiro atoms. The summed E-state index contributed by atoms with van der Waals surface area (Å²) in [6.45, 7) is 13.7. The van der Waals surface area contributed by atoms with Crippen LogP contribution < -0.4 is 5.32 Å². The lowest BCUT2D eigenvalue weighted by Crippen LogP contribution is -2.49. The van der Waals surface area contributed by atoms with Crippen LogP contribution in [0.15, 0.2) is 0 Å². The molecule has 0 bridgehead atoms.